The van der Waals surface area contributed by atoms with Crippen LogP contribution < -0.4 is 15.6 Å². The summed E-state index contributed by atoms with van der Waals surface area (Å²) in [5.74, 6) is 1.54. The Morgan fingerprint density at radius 3 is 2.93 bits per heavy atom. The zero-order chi connectivity index (χ0) is 18.8. The maximum absolute atomic E-state index is 12.8. The number of carbonyl (C=O) groups is 1. The minimum absolute atomic E-state index is 0.0191. The van der Waals surface area contributed by atoms with E-state index in [1.165, 1.54) is 0 Å². The topological polar surface area (TPSA) is 73.2 Å². The molecule has 1 amide bonds. The molecule has 2 aromatic rings. The molecule has 1 atom stereocenters. The number of ether oxygens (including phenoxy) is 1. The van der Waals surface area contributed by atoms with Gasteiger partial charge in [-0.15, -0.1) is 0 Å². The van der Waals surface area contributed by atoms with Gasteiger partial charge in [-0.1, -0.05) is 23.9 Å². The first-order valence-corrected chi connectivity index (χ1v) is 10.3. The third-order valence-corrected chi connectivity index (χ3v) is 6.29. The van der Waals surface area contributed by atoms with Crippen LogP contribution in [0.4, 0.5) is 0 Å². The van der Waals surface area contributed by atoms with Crippen molar-refractivity contribution in [3.8, 4) is 5.75 Å². The number of methoxy groups -OCH3 is 1. The monoisotopic (exact) mass is 385 g/mol. The van der Waals surface area contributed by atoms with Gasteiger partial charge in [0, 0.05) is 24.3 Å². The molecule has 2 heterocycles. The molecule has 1 aromatic carbocycles. The Morgan fingerprint density at radius 1 is 1.33 bits per heavy atom. The SMILES string of the molecule is COc1ccc(CCNC(=O)CC2CSc3nc4c(c(=O)n32)CCC4)cc1. The number of hydrogen-bond donors (Lipinski definition) is 1. The van der Waals surface area contributed by atoms with Crippen LogP contribution in [0.25, 0.3) is 0 Å². The number of nitrogens with zero attached hydrogens (tertiary/aromatic N) is 2. The molecule has 0 fully saturated rings. The van der Waals surface area contributed by atoms with Gasteiger partial charge in [-0.3, -0.25) is 14.2 Å². The quantitative estimate of drug-likeness (QED) is 0.772. The van der Waals surface area contributed by atoms with Gasteiger partial charge in [0.2, 0.25) is 5.91 Å². The zero-order valence-electron chi connectivity index (χ0n) is 15.4. The fraction of sp³-hybridized carbons (Fsp3) is 0.450. The normalized spacial score (nSPS) is 17.4. The second-order valence-electron chi connectivity index (χ2n) is 6.97. The van der Waals surface area contributed by atoms with Crippen molar-refractivity contribution in [3.63, 3.8) is 0 Å². The van der Waals surface area contributed by atoms with Gasteiger partial charge < -0.3 is 10.1 Å². The third-order valence-electron chi connectivity index (χ3n) is 5.19. The number of hydrogen-bond acceptors (Lipinski definition) is 5. The van der Waals surface area contributed by atoms with Crippen LogP contribution in [0.1, 0.15) is 35.7 Å². The molecule has 0 saturated heterocycles. The van der Waals surface area contributed by atoms with Crippen molar-refractivity contribution in [2.45, 2.75) is 43.3 Å². The Bertz CT molecular complexity index is 908. The summed E-state index contributed by atoms with van der Waals surface area (Å²) in [7, 11) is 1.64. The van der Waals surface area contributed by atoms with E-state index in [9.17, 15) is 9.59 Å². The van der Waals surface area contributed by atoms with E-state index in [0.717, 1.165) is 59.2 Å². The number of thioether (sulfide) groups is 1. The fourth-order valence-electron chi connectivity index (χ4n) is 3.73. The molecule has 27 heavy (non-hydrogen) atoms. The molecule has 0 bridgehead atoms. The minimum atomic E-state index is -0.100. The predicted octanol–water partition coefficient (Wildman–Crippen LogP) is 2.14. The van der Waals surface area contributed by atoms with E-state index in [1.54, 1.807) is 23.4 Å². The summed E-state index contributed by atoms with van der Waals surface area (Å²) in [6.45, 7) is 0.579. The van der Waals surface area contributed by atoms with E-state index < -0.39 is 0 Å². The number of fused-ring (bicyclic) bond motifs is 2. The van der Waals surface area contributed by atoms with E-state index in [0.29, 0.717) is 13.0 Å². The van der Waals surface area contributed by atoms with Crippen LogP contribution in [-0.2, 0) is 24.1 Å². The van der Waals surface area contributed by atoms with E-state index in [1.807, 2.05) is 24.3 Å². The van der Waals surface area contributed by atoms with Crippen LogP contribution in [0.15, 0.2) is 34.2 Å². The highest BCUT2D eigenvalue weighted by Crippen LogP contribution is 2.33. The second-order valence-corrected chi connectivity index (χ2v) is 7.95. The minimum Gasteiger partial charge on any atom is -0.497 e. The second kappa shape index (κ2) is 7.76. The molecule has 7 heteroatoms. The molecule has 0 radical (unpaired) electrons. The number of benzene rings is 1. The average Bonchev–Trinajstić information content (AvgIpc) is 3.30. The maximum Gasteiger partial charge on any atom is 0.257 e. The molecule has 0 saturated carbocycles. The number of aromatic nitrogens is 2. The summed E-state index contributed by atoms with van der Waals surface area (Å²) in [5.41, 5.74) is 3.02. The highest BCUT2D eigenvalue weighted by Gasteiger charge is 2.30. The van der Waals surface area contributed by atoms with Gasteiger partial charge in [-0.05, 0) is 43.4 Å². The Morgan fingerprint density at radius 2 is 2.15 bits per heavy atom. The first kappa shape index (κ1) is 18.1. The Hall–Kier alpha value is -2.28. The Kier molecular flexibility index (Phi) is 5.20. The number of nitrogens with one attached hydrogen (secondary N) is 1. The van der Waals surface area contributed by atoms with Crippen molar-refractivity contribution in [1.82, 2.24) is 14.9 Å². The van der Waals surface area contributed by atoms with Crippen LogP contribution in [0, 0.1) is 0 Å². The van der Waals surface area contributed by atoms with Crippen LogP contribution in [0.5, 0.6) is 5.75 Å². The highest BCUT2D eigenvalue weighted by atomic mass is 32.2. The van der Waals surface area contributed by atoms with Crippen molar-refractivity contribution < 1.29 is 9.53 Å². The lowest BCUT2D eigenvalue weighted by atomic mass is 10.1. The van der Waals surface area contributed by atoms with Gasteiger partial charge >= 0.3 is 0 Å². The summed E-state index contributed by atoms with van der Waals surface area (Å²) in [6, 6.07) is 7.74. The molecular formula is C20H23N3O3S. The van der Waals surface area contributed by atoms with Gasteiger partial charge in [0.15, 0.2) is 5.16 Å². The molecule has 1 aliphatic carbocycles. The molecule has 0 spiro atoms. The van der Waals surface area contributed by atoms with Crippen LogP contribution in [-0.4, -0.2) is 34.9 Å². The van der Waals surface area contributed by atoms with E-state index >= 15 is 0 Å². The van der Waals surface area contributed by atoms with Gasteiger partial charge in [0.1, 0.15) is 5.75 Å². The Balaban J connectivity index is 1.34. The average molecular weight is 385 g/mol. The molecule has 2 aliphatic rings. The fourth-order valence-corrected chi connectivity index (χ4v) is 4.88. The largest absolute Gasteiger partial charge is 0.497 e. The smallest absolute Gasteiger partial charge is 0.257 e. The van der Waals surface area contributed by atoms with Crippen molar-refractivity contribution in [3.05, 3.63) is 51.4 Å². The van der Waals surface area contributed by atoms with Crippen molar-refractivity contribution in [1.29, 1.82) is 0 Å². The number of amides is 1. The van der Waals surface area contributed by atoms with Crippen molar-refractivity contribution in [2.75, 3.05) is 19.4 Å². The van der Waals surface area contributed by atoms with Crippen molar-refractivity contribution >= 4 is 17.7 Å². The molecule has 6 nitrogen and oxygen atoms in total. The molecule has 1 unspecified atom stereocenters. The Labute approximate surface area is 162 Å². The third kappa shape index (κ3) is 3.74. The molecular weight excluding hydrogens is 362 g/mol. The van der Waals surface area contributed by atoms with Gasteiger partial charge in [0.25, 0.3) is 5.56 Å². The predicted molar refractivity (Wildman–Crippen MR) is 105 cm³/mol. The lowest BCUT2D eigenvalue weighted by Crippen LogP contribution is -2.32. The molecule has 4 rings (SSSR count). The molecule has 142 valence electrons. The molecule has 1 aromatic heterocycles. The number of rotatable bonds is 6. The highest BCUT2D eigenvalue weighted by molar-refractivity contribution is 7.99. The van der Waals surface area contributed by atoms with E-state index in [-0.39, 0.29) is 17.5 Å². The molecule has 1 aliphatic heterocycles. The van der Waals surface area contributed by atoms with Crippen LogP contribution in [0.3, 0.4) is 0 Å². The van der Waals surface area contributed by atoms with Crippen LogP contribution >= 0.6 is 11.8 Å². The summed E-state index contributed by atoms with van der Waals surface area (Å²) >= 11 is 1.58. The van der Waals surface area contributed by atoms with E-state index in [4.69, 9.17) is 4.74 Å². The maximum atomic E-state index is 12.8. The molecule has 1 N–H and O–H groups in total. The zero-order valence-corrected chi connectivity index (χ0v) is 16.2. The van der Waals surface area contributed by atoms with Crippen LogP contribution in [0.2, 0.25) is 0 Å². The first-order chi connectivity index (χ1) is 13.2. The number of carbonyl (C=O) groups excluding carboxylic acids is 1. The lowest BCUT2D eigenvalue weighted by Gasteiger charge is -2.14. The lowest BCUT2D eigenvalue weighted by molar-refractivity contribution is -0.121. The standard InChI is InChI=1S/C20H23N3O3S/c1-26-15-7-5-13(6-8-15)9-10-21-18(24)11-14-12-27-20-22-17-4-2-3-16(17)19(25)23(14)20/h5-8,14H,2-4,9-12H2,1H3,(H,21,24). The number of aryl methyl sites for hydroxylation is 1. The summed E-state index contributed by atoms with van der Waals surface area (Å²) < 4.78 is 6.90. The van der Waals surface area contributed by atoms with Gasteiger partial charge in [0.05, 0.1) is 18.8 Å². The summed E-state index contributed by atoms with van der Waals surface area (Å²) in [6.07, 6.45) is 3.80. The van der Waals surface area contributed by atoms with E-state index in [2.05, 4.69) is 10.3 Å². The summed E-state index contributed by atoms with van der Waals surface area (Å²) in [4.78, 5) is 29.8. The van der Waals surface area contributed by atoms with Gasteiger partial charge in [-0.2, -0.15) is 0 Å². The van der Waals surface area contributed by atoms with Crippen molar-refractivity contribution in [2.24, 2.45) is 0 Å². The first-order valence-electron chi connectivity index (χ1n) is 9.32. The summed E-state index contributed by atoms with van der Waals surface area (Å²) in [5, 5.41) is 3.75. The van der Waals surface area contributed by atoms with Gasteiger partial charge in [-0.25, -0.2) is 4.98 Å².